The maximum atomic E-state index is 13.0. The van der Waals surface area contributed by atoms with Gasteiger partial charge in [0.25, 0.3) is 10.0 Å². The highest BCUT2D eigenvalue weighted by atomic mass is 35.5. The van der Waals surface area contributed by atoms with Crippen LogP contribution in [0.3, 0.4) is 0 Å². The first-order valence-corrected chi connectivity index (χ1v) is 11.5. The minimum atomic E-state index is -3.73. The summed E-state index contributed by atoms with van der Waals surface area (Å²) >= 11 is 5.90. The van der Waals surface area contributed by atoms with Crippen molar-refractivity contribution in [2.24, 2.45) is 0 Å². The molecule has 0 heterocycles. The monoisotopic (exact) mass is 457 g/mol. The fourth-order valence-electron chi connectivity index (χ4n) is 3.01. The van der Waals surface area contributed by atoms with E-state index in [1.165, 1.54) is 23.5 Å². The van der Waals surface area contributed by atoms with Crippen molar-refractivity contribution in [3.8, 4) is 0 Å². The highest BCUT2D eigenvalue weighted by molar-refractivity contribution is 7.92. The Hall–Kier alpha value is -3.03. The van der Waals surface area contributed by atoms with Crippen molar-refractivity contribution in [1.29, 1.82) is 0 Å². The summed E-state index contributed by atoms with van der Waals surface area (Å²) in [5.41, 5.74) is 2.04. The molecule has 0 bridgehead atoms. The molecule has 1 atom stereocenters. The summed E-state index contributed by atoms with van der Waals surface area (Å²) in [6.07, 6.45) is 0. The molecule has 0 aliphatic rings. The summed E-state index contributed by atoms with van der Waals surface area (Å²) in [4.78, 5) is 12.5. The molecule has 0 spiro atoms. The zero-order valence-corrected chi connectivity index (χ0v) is 18.8. The van der Waals surface area contributed by atoms with E-state index in [1.807, 2.05) is 25.1 Å². The van der Waals surface area contributed by atoms with Crippen LogP contribution in [0.5, 0.6) is 0 Å². The molecule has 162 valence electrons. The van der Waals surface area contributed by atoms with Gasteiger partial charge in [-0.3, -0.25) is 9.10 Å². The van der Waals surface area contributed by atoms with E-state index in [2.05, 4.69) is 10.6 Å². The fourth-order valence-corrected chi connectivity index (χ4v) is 4.38. The van der Waals surface area contributed by atoms with Crippen molar-refractivity contribution >= 4 is 38.9 Å². The summed E-state index contributed by atoms with van der Waals surface area (Å²) in [5.74, 6) is -0.211. The quantitative estimate of drug-likeness (QED) is 0.523. The molecule has 0 radical (unpaired) electrons. The second-order valence-electron chi connectivity index (χ2n) is 7.03. The molecule has 1 unspecified atom stereocenters. The van der Waals surface area contributed by atoms with Crippen LogP contribution in [0.2, 0.25) is 5.02 Å². The van der Waals surface area contributed by atoms with E-state index in [0.29, 0.717) is 16.4 Å². The minimum absolute atomic E-state index is 0.00988. The molecule has 0 saturated heterocycles. The number of para-hydroxylation sites is 1. The molecular weight excluding hydrogens is 434 g/mol. The van der Waals surface area contributed by atoms with Crippen LogP contribution in [0, 0.1) is 0 Å². The molecule has 0 fully saturated rings. The molecule has 3 aromatic carbocycles. The summed E-state index contributed by atoms with van der Waals surface area (Å²) < 4.78 is 27.1. The summed E-state index contributed by atoms with van der Waals surface area (Å²) in [7, 11) is -2.22. The average molecular weight is 458 g/mol. The van der Waals surface area contributed by atoms with Gasteiger partial charge in [0.2, 0.25) is 5.91 Å². The van der Waals surface area contributed by atoms with Crippen molar-refractivity contribution in [2.75, 3.05) is 23.2 Å². The fraction of sp³-hybridized carbons (Fsp3) is 0.174. The maximum absolute atomic E-state index is 13.0. The molecule has 2 N–H and O–H groups in total. The van der Waals surface area contributed by atoms with Gasteiger partial charge in [-0.1, -0.05) is 48.0 Å². The first-order chi connectivity index (χ1) is 14.8. The predicted octanol–water partition coefficient (Wildman–Crippen LogP) is 4.45. The van der Waals surface area contributed by atoms with E-state index in [4.69, 9.17) is 11.6 Å². The number of nitrogens with one attached hydrogen (secondary N) is 2. The molecule has 3 rings (SSSR count). The van der Waals surface area contributed by atoms with Crippen molar-refractivity contribution in [2.45, 2.75) is 17.9 Å². The van der Waals surface area contributed by atoms with Crippen LogP contribution in [0.4, 0.5) is 11.4 Å². The van der Waals surface area contributed by atoms with Gasteiger partial charge >= 0.3 is 0 Å². The third-order valence-electron chi connectivity index (χ3n) is 4.81. The molecule has 0 aromatic heterocycles. The number of nitrogens with zero attached hydrogens (tertiary/aromatic N) is 1. The standard InChI is InChI=1S/C23H24ClN3O3S/c1-17(18-11-13-19(24)14-12-18)26-23(28)16-25-20-7-6-10-22(15-20)31(29,30)27(2)21-8-4-3-5-9-21/h3-15,17,25H,16H2,1-2H3,(H,26,28). The number of benzene rings is 3. The predicted molar refractivity (Wildman–Crippen MR) is 125 cm³/mol. The van der Waals surface area contributed by atoms with Crippen LogP contribution in [-0.2, 0) is 14.8 Å². The molecule has 6 nitrogen and oxygen atoms in total. The van der Waals surface area contributed by atoms with Gasteiger partial charge in [0.1, 0.15) is 0 Å². The van der Waals surface area contributed by atoms with Gasteiger partial charge in [-0.05, 0) is 55.0 Å². The zero-order chi connectivity index (χ0) is 22.4. The molecule has 0 aliphatic carbocycles. The van der Waals surface area contributed by atoms with Crippen molar-refractivity contribution in [1.82, 2.24) is 5.32 Å². The first-order valence-electron chi connectivity index (χ1n) is 9.70. The minimum Gasteiger partial charge on any atom is -0.376 e. The number of rotatable bonds is 8. The van der Waals surface area contributed by atoms with E-state index in [-0.39, 0.29) is 23.4 Å². The lowest BCUT2D eigenvalue weighted by Crippen LogP contribution is -2.32. The second-order valence-corrected chi connectivity index (χ2v) is 9.44. The molecule has 31 heavy (non-hydrogen) atoms. The summed E-state index contributed by atoms with van der Waals surface area (Å²) in [5, 5.41) is 6.52. The third-order valence-corrected chi connectivity index (χ3v) is 6.85. The van der Waals surface area contributed by atoms with E-state index in [9.17, 15) is 13.2 Å². The zero-order valence-electron chi connectivity index (χ0n) is 17.2. The van der Waals surface area contributed by atoms with Gasteiger partial charge in [0.05, 0.1) is 23.2 Å². The number of carbonyl (C=O) groups is 1. The van der Waals surface area contributed by atoms with Crippen LogP contribution in [-0.4, -0.2) is 27.9 Å². The topological polar surface area (TPSA) is 78.5 Å². The summed E-state index contributed by atoms with van der Waals surface area (Å²) in [6.45, 7) is 1.89. The highest BCUT2D eigenvalue weighted by Crippen LogP contribution is 2.23. The maximum Gasteiger partial charge on any atom is 0.264 e. The van der Waals surface area contributed by atoms with Crippen LogP contribution in [0.1, 0.15) is 18.5 Å². The lowest BCUT2D eigenvalue weighted by atomic mass is 10.1. The van der Waals surface area contributed by atoms with Crippen molar-refractivity contribution in [3.05, 3.63) is 89.4 Å². The lowest BCUT2D eigenvalue weighted by molar-refractivity contribution is -0.120. The number of hydrogen-bond acceptors (Lipinski definition) is 4. The van der Waals surface area contributed by atoms with Crippen LogP contribution in [0.25, 0.3) is 0 Å². The van der Waals surface area contributed by atoms with Crippen LogP contribution >= 0.6 is 11.6 Å². The van der Waals surface area contributed by atoms with Gasteiger partial charge < -0.3 is 10.6 Å². The normalized spacial score (nSPS) is 12.1. The molecular formula is C23H24ClN3O3S. The van der Waals surface area contributed by atoms with Crippen molar-refractivity contribution < 1.29 is 13.2 Å². The van der Waals surface area contributed by atoms with Gasteiger partial charge in [0.15, 0.2) is 0 Å². The summed E-state index contributed by atoms with van der Waals surface area (Å²) in [6, 6.07) is 22.3. The Morgan fingerprint density at radius 1 is 1.00 bits per heavy atom. The Bertz CT molecular complexity index is 1140. The SMILES string of the molecule is CC(NC(=O)CNc1cccc(S(=O)(=O)N(C)c2ccccc2)c1)c1ccc(Cl)cc1. The smallest absolute Gasteiger partial charge is 0.264 e. The van der Waals surface area contributed by atoms with E-state index in [1.54, 1.807) is 48.5 Å². The Kier molecular flexibility index (Phi) is 7.20. The molecule has 0 saturated carbocycles. The largest absolute Gasteiger partial charge is 0.376 e. The van der Waals surface area contributed by atoms with E-state index >= 15 is 0 Å². The van der Waals surface area contributed by atoms with Crippen molar-refractivity contribution in [3.63, 3.8) is 0 Å². The Balaban J connectivity index is 1.64. The number of hydrogen-bond donors (Lipinski definition) is 2. The Morgan fingerprint density at radius 2 is 1.68 bits per heavy atom. The van der Waals surface area contributed by atoms with E-state index < -0.39 is 10.0 Å². The third kappa shape index (κ3) is 5.77. The Morgan fingerprint density at radius 3 is 2.35 bits per heavy atom. The molecule has 0 aliphatic heterocycles. The van der Waals surface area contributed by atoms with Gasteiger partial charge in [-0.25, -0.2) is 8.42 Å². The average Bonchev–Trinajstić information content (AvgIpc) is 2.78. The van der Waals surface area contributed by atoms with Gasteiger partial charge in [-0.15, -0.1) is 0 Å². The van der Waals surface area contributed by atoms with Gasteiger partial charge in [-0.2, -0.15) is 0 Å². The Labute approximate surface area is 187 Å². The van der Waals surface area contributed by atoms with Crippen LogP contribution in [0.15, 0.2) is 83.8 Å². The number of halogens is 1. The number of sulfonamides is 1. The number of amides is 1. The number of carbonyl (C=O) groups excluding carboxylic acids is 1. The molecule has 3 aromatic rings. The lowest BCUT2D eigenvalue weighted by Gasteiger charge is -2.20. The number of anilines is 2. The molecule has 8 heteroatoms. The second kappa shape index (κ2) is 9.85. The first kappa shape index (κ1) is 22.7. The van der Waals surface area contributed by atoms with E-state index in [0.717, 1.165) is 5.56 Å². The highest BCUT2D eigenvalue weighted by Gasteiger charge is 2.21. The van der Waals surface area contributed by atoms with Crippen LogP contribution < -0.4 is 14.9 Å². The molecule has 1 amide bonds. The van der Waals surface area contributed by atoms with Gasteiger partial charge in [0, 0.05) is 17.8 Å².